The third-order valence-corrected chi connectivity index (χ3v) is 4.07. The summed E-state index contributed by atoms with van der Waals surface area (Å²) in [6.45, 7) is 6.33. The Kier molecular flexibility index (Phi) is 5.27. The van der Waals surface area contributed by atoms with Gasteiger partial charge in [-0.2, -0.15) is 5.10 Å². The highest BCUT2D eigenvalue weighted by molar-refractivity contribution is 5.99. The van der Waals surface area contributed by atoms with Gasteiger partial charge in [-0.15, -0.1) is 0 Å². The first-order chi connectivity index (χ1) is 12.6. The first-order valence-corrected chi connectivity index (χ1v) is 8.52. The standard InChI is InChI=1S/C21H21N3O2/c1-4-26-19-11-6-5-9-17(19)13-22-24-21(25)18-12-16-10-7-8-14(2)20(16)23-15(18)3/h5-13H,4H2,1-3H3,(H,24,25)/b22-13-. The summed E-state index contributed by atoms with van der Waals surface area (Å²) < 4.78 is 5.54. The van der Waals surface area contributed by atoms with Gasteiger partial charge in [0, 0.05) is 10.9 Å². The summed E-state index contributed by atoms with van der Waals surface area (Å²) in [6, 6.07) is 15.3. The van der Waals surface area contributed by atoms with Crippen LogP contribution in [0, 0.1) is 13.8 Å². The van der Waals surface area contributed by atoms with Gasteiger partial charge < -0.3 is 4.74 Å². The highest BCUT2D eigenvalue weighted by Gasteiger charge is 2.12. The smallest absolute Gasteiger partial charge is 0.273 e. The van der Waals surface area contributed by atoms with Crippen molar-refractivity contribution in [1.82, 2.24) is 10.4 Å². The molecule has 1 aromatic heterocycles. The van der Waals surface area contributed by atoms with Gasteiger partial charge in [-0.05, 0) is 44.5 Å². The predicted octanol–water partition coefficient (Wildman–Crippen LogP) is 4.01. The third-order valence-electron chi connectivity index (χ3n) is 4.07. The molecule has 132 valence electrons. The molecule has 0 atom stereocenters. The molecule has 5 heteroatoms. The van der Waals surface area contributed by atoms with Crippen LogP contribution >= 0.6 is 0 Å². The number of amides is 1. The minimum absolute atomic E-state index is 0.288. The first-order valence-electron chi connectivity index (χ1n) is 8.52. The van der Waals surface area contributed by atoms with Crippen molar-refractivity contribution in [3.05, 3.63) is 70.9 Å². The summed E-state index contributed by atoms with van der Waals surface area (Å²) in [5.41, 5.74) is 6.56. The maximum absolute atomic E-state index is 12.5. The number of fused-ring (bicyclic) bond motifs is 1. The summed E-state index contributed by atoms with van der Waals surface area (Å²) in [5, 5.41) is 5.00. The van der Waals surface area contributed by atoms with Crippen molar-refractivity contribution >= 4 is 23.0 Å². The van der Waals surface area contributed by atoms with E-state index in [9.17, 15) is 4.79 Å². The second kappa shape index (κ2) is 7.78. The zero-order valence-corrected chi connectivity index (χ0v) is 15.1. The minimum atomic E-state index is -0.288. The molecule has 26 heavy (non-hydrogen) atoms. The molecule has 3 rings (SSSR count). The molecule has 0 saturated heterocycles. The van der Waals surface area contributed by atoms with E-state index in [-0.39, 0.29) is 5.91 Å². The molecule has 0 aliphatic rings. The van der Waals surface area contributed by atoms with Crippen LogP contribution in [-0.4, -0.2) is 23.7 Å². The van der Waals surface area contributed by atoms with Crippen molar-refractivity contribution in [3.63, 3.8) is 0 Å². The topological polar surface area (TPSA) is 63.6 Å². The van der Waals surface area contributed by atoms with Gasteiger partial charge >= 0.3 is 0 Å². The molecule has 0 fully saturated rings. The Morgan fingerprint density at radius 2 is 2.00 bits per heavy atom. The van der Waals surface area contributed by atoms with Gasteiger partial charge in [0.2, 0.25) is 0 Å². The summed E-state index contributed by atoms with van der Waals surface area (Å²) in [7, 11) is 0. The molecule has 0 aliphatic carbocycles. The second-order valence-electron chi connectivity index (χ2n) is 5.94. The number of rotatable bonds is 5. The SMILES string of the molecule is CCOc1ccccc1/C=N\NC(=O)c1cc2cccc(C)c2nc1C. The molecule has 1 amide bonds. The van der Waals surface area contributed by atoms with Crippen LogP contribution in [0.3, 0.4) is 0 Å². The van der Waals surface area contributed by atoms with Crippen LogP contribution in [0.2, 0.25) is 0 Å². The van der Waals surface area contributed by atoms with Crippen LogP contribution in [0.5, 0.6) is 5.75 Å². The van der Waals surface area contributed by atoms with E-state index < -0.39 is 0 Å². The maximum Gasteiger partial charge on any atom is 0.273 e. The van der Waals surface area contributed by atoms with E-state index in [0.29, 0.717) is 17.9 Å². The number of hydrazone groups is 1. The van der Waals surface area contributed by atoms with Gasteiger partial charge in [0.05, 0.1) is 29.6 Å². The van der Waals surface area contributed by atoms with E-state index in [1.165, 1.54) is 0 Å². The molecule has 0 aliphatic heterocycles. The largest absolute Gasteiger partial charge is 0.493 e. The van der Waals surface area contributed by atoms with Gasteiger partial charge in [-0.1, -0.05) is 30.3 Å². The number of para-hydroxylation sites is 2. The molecule has 0 unspecified atom stereocenters. The summed E-state index contributed by atoms with van der Waals surface area (Å²) >= 11 is 0. The molecule has 0 saturated carbocycles. The predicted molar refractivity (Wildman–Crippen MR) is 104 cm³/mol. The lowest BCUT2D eigenvalue weighted by Gasteiger charge is -2.08. The molecule has 0 spiro atoms. The van der Waals surface area contributed by atoms with Crippen molar-refractivity contribution in [2.75, 3.05) is 6.61 Å². The van der Waals surface area contributed by atoms with E-state index in [4.69, 9.17) is 4.74 Å². The molecule has 0 bridgehead atoms. The van der Waals surface area contributed by atoms with E-state index >= 15 is 0 Å². The number of carbonyl (C=O) groups excluding carboxylic acids is 1. The maximum atomic E-state index is 12.5. The molecule has 5 nitrogen and oxygen atoms in total. The van der Waals surface area contributed by atoms with Gasteiger partial charge in [0.25, 0.3) is 5.91 Å². The highest BCUT2D eigenvalue weighted by Crippen LogP contribution is 2.20. The van der Waals surface area contributed by atoms with E-state index in [1.54, 1.807) is 6.21 Å². The molecular weight excluding hydrogens is 326 g/mol. The average molecular weight is 347 g/mol. The number of carbonyl (C=O) groups is 1. The lowest BCUT2D eigenvalue weighted by atomic mass is 10.1. The van der Waals surface area contributed by atoms with Crippen LogP contribution in [0.4, 0.5) is 0 Å². The van der Waals surface area contributed by atoms with Crippen molar-refractivity contribution in [2.45, 2.75) is 20.8 Å². The Hall–Kier alpha value is -3.21. The number of aromatic nitrogens is 1. The monoisotopic (exact) mass is 347 g/mol. The van der Waals surface area contributed by atoms with Crippen LogP contribution in [0.15, 0.2) is 53.6 Å². The molecule has 0 radical (unpaired) electrons. The Labute approximate surface area is 152 Å². The zero-order chi connectivity index (χ0) is 18.5. The second-order valence-corrected chi connectivity index (χ2v) is 5.94. The Balaban J connectivity index is 1.81. The summed E-state index contributed by atoms with van der Waals surface area (Å²) in [4.78, 5) is 17.1. The molecule has 1 heterocycles. The normalized spacial score (nSPS) is 11.0. The lowest BCUT2D eigenvalue weighted by molar-refractivity contribution is 0.0954. The van der Waals surface area contributed by atoms with Crippen LogP contribution in [0.25, 0.3) is 10.9 Å². The van der Waals surface area contributed by atoms with Crippen LogP contribution in [0.1, 0.15) is 34.1 Å². The van der Waals surface area contributed by atoms with Crippen molar-refractivity contribution < 1.29 is 9.53 Å². The van der Waals surface area contributed by atoms with Crippen LogP contribution in [-0.2, 0) is 0 Å². The minimum Gasteiger partial charge on any atom is -0.493 e. The van der Waals surface area contributed by atoms with Gasteiger partial charge in [-0.25, -0.2) is 5.43 Å². The van der Waals surface area contributed by atoms with Gasteiger partial charge in [0.1, 0.15) is 5.75 Å². The van der Waals surface area contributed by atoms with Gasteiger partial charge in [0.15, 0.2) is 0 Å². The molecule has 2 aromatic carbocycles. The molecule has 3 aromatic rings. The Morgan fingerprint density at radius 1 is 1.19 bits per heavy atom. The highest BCUT2D eigenvalue weighted by atomic mass is 16.5. The Bertz CT molecular complexity index is 980. The van der Waals surface area contributed by atoms with Crippen molar-refractivity contribution in [1.29, 1.82) is 0 Å². The van der Waals surface area contributed by atoms with Crippen molar-refractivity contribution in [2.24, 2.45) is 5.10 Å². The number of hydrogen-bond acceptors (Lipinski definition) is 4. The number of aryl methyl sites for hydroxylation is 2. The fourth-order valence-electron chi connectivity index (χ4n) is 2.76. The summed E-state index contributed by atoms with van der Waals surface area (Å²) in [6.07, 6.45) is 1.58. The molecule has 1 N–H and O–H groups in total. The quantitative estimate of drug-likeness (QED) is 0.560. The average Bonchev–Trinajstić information content (AvgIpc) is 2.63. The number of ether oxygens (including phenoxy) is 1. The zero-order valence-electron chi connectivity index (χ0n) is 15.1. The third kappa shape index (κ3) is 3.72. The fraction of sp³-hybridized carbons (Fsp3) is 0.190. The number of nitrogens with zero attached hydrogens (tertiary/aromatic N) is 2. The lowest BCUT2D eigenvalue weighted by Crippen LogP contribution is -2.19. The van der Waals surface area contributed by atoms with Crippen LogP contribution < -0.4 is 10.2 Å². The summed E-state index contributed by atoms with van der Waals surface area (Å²) in [5.74, 6) is 0.440. The number of benzene rings is 2. The first kappa shape index (κ1) is 17.6. The van der Waals surface area contributed by atoms with E-state index in [1.807, 2.05) is 69.3 Å². The molecular formula is C21H21N3O2. The fourth-order valence-corrected chi connectivity index (χ4v) is 2.76. The number of hydrogen-bond donors (Lipinski definition) is 1. The number of pyridine rings is 1. The Morgan fingerprint density at radius 3 is 2.81 bits per heavy atom. The van der Waals surface area contributed by atoms with Gasteiger partial charge in [-0.3, -0.25) is 9.78 Å². The number of nitrogens with one attached hydrogen (secondary N) is 1. The van der Waals surface area contributed by atoms with Crippen molar-refractivity contribution in [3.8, 4) is 5.75 Å². The van der Waals surface area contributed by atoms with E-state index in [2.05, 4.69) is 15.5 Å². The van der Waals surface area contributed by atoms with E-state index in [0.717, 1.165) is 27.8 Å².